The molecule has 0 aromatic carbocycles. The Morgan fingerprint density at radius 1 is 1.50 bits per heavy atom. The number of nitrogens with zero attached hydrogens (tertiary/aromatic N) is 3. The highest BCUT2D eigenvalue weighted by Gasteiger charge is 2.33. The summed E-state index contributed by atoms with van der Waals surface area (Å²) in [5.41, 5.74) is 7.03. The van der Waals surface area contributed by atoms with E-state index in [0.717, 1.165) is 28.8 Å². The Hall–Kier alpha value is -1.79. The molecule has 5 nitrogen and oxygen atoms in total. The number of imidazole rings is 1. The smallest absolute Gasteiger partial charge is 0.195 e. The lowest BCUT2D eigenvalue weighted by atomic mass is 10.3. The molecule has 6 heteroatoms. The standard InChI is InChI=1S/C14H16N4OS/c15-8-12-13(16-14-17(12)5-7-20-14)18(10-3-4-10)9-11-2-1-6-19-11/h1-2,5-7,10H,3-4,8-9,15H2. The second-order valence-corrected chi connectivity index (χ2v) is 5.95. The second kappa shape index (κ2) is 4.64. The quantitative estimate of drug-likeness (QED) is 0.784. The minimum atomic E-state index is 0.495. The molecule has 0 spiro atoms. The molecule has 1 fully saturated rings. The fourth-order valence-electron chi connectivity index (χ4n) is 2.57. The van der Waals surface area contributed by atoms with E-state index in [9.17, 15) is 0 Å². The maximum Gasteiger partial charge on any atom is 0.195 e. The molecule has 0 radical (unpaired) electrons. The average molecular weight is 288 g/mol. The fraction of sp³-hybridized carbons (Fsp3) is 0.357. The van der Waals surface area contributed by atoms with Crippen molar-refractivity contribution < 1.29 is 4.42 Å². The van der Waals surface area contributed by atoms with Crippen LogP contribution in [0.1, 0.15) is 24.3 Å². The molecule has 1 aliphatic carbocycles. The molecule has 4 rings (SSSR count). The third-order valence-electron chi connectivity index (χ3n) is 3.70. The highest BCUT2D eigenvalue weighted by molar-refractivity contribution is 7.15. The maximum absolute atomic E-state index is 5.95. The zero-order valence-electron chi connectivity index (χ0n) is 11.0. The molecular formula is C14H16N4OS. The van der Waals surface area contributed by atoms with Crippen LogP contribution in [0.2, 0.25) is 0 Å². The monoisotopic (exact) mass is 288 g/mol. The molecule has 0 atom stereocenters. The van der Waals surface area contributed by atoms with E-state index >= 15 is 0 Å². The van der Waals surface area contributed by atoms with Crippen molar-refractivity contribution in [3.05, 3.63) is 41.4 Å². The first-order chi connectivity index (χ1) is 9.86. The van der Waals surface area contributed by atoms with Crippen molar-refractivity contribution in [2.45, 2.75) is 32.0 Å². The van der Waals surface area contributed by atoms with Crippen LogP contribution in [0.5, 0.6) is 0 Å². The Labute approximate surface area is 120 Å². The number of aromatic nitrogens is 2. The van der Waals surface area contributed by atoms with E-state index in [1.165, 1.54) is 12.8 Å². The van der Waals surface area contributed by atoms with Crippen molar-refractivity contribution in [3.63, 3.8) is 0 Å². The first-order valence-electron chi connectivity index (χ1n) is 6.80. The number of nitrogens with two attached hydrogens (primary N) is 1. The molecule has 0 amide bonds. The normalized spacial score (nSPS) is 15.1. The van der Waals surface area contributed by atoms with Gasteiger partial charge in [0.25, 0.3) is 0 Å². The molecule has 1 saturated carbocycles. The lowest BCUT2D eigenvalue weighted by Crippen LogP contribution is -2.26. The molecule has 104 valence electrons. The molecule has 1 aliphatic rings. The highest BCUT2D eigenvalue weighted by Crippen LogP contribution is 2.35. The first kappa shape index (κ1) is 12.0. The summed E-state index contributed by atoms with van der Waals surface area (Å²) in [7, 11) is 0. The Morgan fingerprint density at radius 3 is 3.10 bits per heavy atom. The van der Waals surface area contributed by atoms with Crippen LogP contribution in [-0.4, -0.2) is 15.4 Å². The average Bonchev–Trinajstić information content (AvgIpc) is 2.88. The molecule has 20 heavy (non-hydrogen) atoms. The highest BCUT2D eigenvalue weighted by atomic mass is 32.1. The molecular weight excluding hydrogens is 272 g/mol. The SMILES string of the molecule is NCc1c(N(Cc2ccco2)C2CC2)nc2sccn12. The van der Waals surface area contributed by atoms with Gasteiger partial charge in [-0.05, 0) is 25.0 Å². The number of rotatable bonds is 5. The van der Waals surface area contributed by atoms with E-state index in [2.05, 4.69) is 9.30 Å². The van der Waals surface area contributed by atoms with Gasteiger partial charge in [0.05, 0.1) is 18.5 Å². The van der Waals surface area contributed by atoms with Crippen LogP contribution in [0.25, 0.3) is 4.96 Å². The van der Waals surface area contributed by atoms with Gasteiger partial charge in [0.1, 0.15) is 5.76 Å². The summed E-state index contributed by atoms with van der Waals surface area (Å²) in [6.45, 7) is 1.25. The summed E-state index contributed by atoms with van der Waals surface area (Å²) >= 11 is 1.64. The van der Waals surface area contributed by atoms with Crippen LogP contribution >= 0.6 is 11.3 Å². The van der Waals surface area contributed by atoms with Gasteiger partial charge in [0, 0.05) is 24.2 Å². The van der Waals surface area contributed by atoms with Crippen LogP contribution < -0.4 is 10.6 Å². The lowest BCUT2D eigenvalue weighted by molar-refractivity contribution is 0.500. The second-order valence-electron chi connectivity index (χ2n) is 5.08. The topological polar surface area (TPSA) is 59.7 Å². The number of furan rings is 1. The van der Waals surface area contributed by atoms with E-state index in [-0.39, 0.29) is 0 Å². The van der Waals surface area contributed by atoms with Gasteiger partial charge < -0.3 is 15.1 Å². The molecule has 0 saturated heterocycles. The summed E-state index contributed by atoms with van der Waals surface area (Å²) in [6.07, 6.45) is 6.19. The third-order valence-corrected chi connectivity index (χ3v) is 4.46. The van der Waals surface area contributed by atoms with Gasteiger partial charge >= 0.3 is 0 Å². The fourth-order valence-corrected chi connectivity index (χ4v) is 3.30. The van der Waals surface area contributed by atoms with Gasteiger partial charge in [-0.1, -0.05) is 0 Å². The van der Waals surface area contributed by atoms with Gasteiger partial charge in [-0.3, -0.25) is 4.40 Å². The first-order valence-corrected chi connectivity index (χ1v) is 7.68. The largest absolute Gasteiger partial charge is 0.467 e. The number of anilines is 1. The maximum atomic E-state index is 5.95. The minimum absolute atomic E-state index is 0.495. The van der Waals surface area contributed by atoms with Gasteiger partial charge in [0.15, 0.2) is 10.8 Å². The predicted octanol–water partition coefficient (Wildman–Crippen LogP) is 2.62. The predicted molar refractivity (Wildman–Crippen MR) is 78.9 cm³/mol. The number of thiazole rings is 1. The summed E-state index contributed by atoms with van der Waals surface area (Å²) in [5.74, 6) is 1.98. The van der Waals surface area contributed by atoms with Crippen LogP contribution in [0.3, 0.4) is 0 Å². The summed E-state index contributed by atoms with van der Waals surface area (Å²) in [5, 5.41) is 2.04. The van der Waals surface area contributed by atoms with Crippen molar-refractivity contribution in [1.29, 1.82) is 0 Å². The Bertz CT molecular complexity index is 711. The molecule has 0 aliphatic heterocycles. The Kier molecular flexibility index (Phi) is 2.78. The number of hydrogen-bond acceptors (Lipinski definition) is 5. The number of hydrogen-bond donors (Lipinski definition) is 1. The Morgan fingerprint density at radius 2 is 2.40 bits per heavy atom. The van der Waals surface area contributed by atoms with Gasteiger partial charge in [-0.15, -0.1) is 11.3 Å². The molecule has 3 aromatic rings. The van der Waals surface area contributed by atoms with Crippen molar-refractivity contribution >= 4 is 22.1 Å². The minimum Gasteiger partial charge on any atom is -0.467 e. The van der Waals surface area contributed by atoms with Crippen LogP contribution in [0.15, 0.2) is 34.4 Å². The van der Waals surface area contributed by atoms with Crippen molar-refractivity contribution in [3.8, 4) is 0 Å². The van der Waals surface area contributed by atoms with E-state index in [1.54, 1.807) is 17.6 Å². The third kappa shape index (κ3) is 1.92. The molecule has 3 aromatic heterocycles. The summed E-state index contributed by atoms with van der Waals surface area (Å²) in [4.78, 5) is 8.11. The molecule has 2 N–H and O–H groups in total. The van der Waals surface area contributed by atoms with E-state index in [1.807, 2.05) is 23.7 Å². The molecule has 0 bridgehead atoms. The zero-order chi connectivity index (χ0) is 13.5. The van der Waals surface area contributed by atoms with E-state index in [0.29, 0.717) is 12.6 Å². The zero-order valence-corrected chi connectivity index (χ0v) is 11.8. The van der Waals surface area contributed by atoms with Crippen molar-refractivity contribution in [1.82, 2.24) is 9.38 Å². The molecule has 3 heterocycles. The van der Waals surface area contributed by atoms with Gasteiger partial charge in [-0.25, -0.2) is 4.98 Å². The van der Waals surface area contributed by atoms with Crippen LogP contribution in [0, 0.1) is 0 Å². The number of fused-ring (bicyclic) bond motifs is 1. The van der Waals surface area contributed by atoms with Crippen LogP contribution in [-0.2, 0) is 13.1 Å². The lowest BCUT2D eigenvalue weighted by Gasteiger charge is -2.22. The molecule has 0 unspecified atom stereocenters. The van der Waals surface area contributed by atoms with Crippen molar-refractivity contribution in [2.75, 3.05) is 4.90 Å². The van der Waals surface area contributed by atoms with Crippen molar-refractivity contribution in [2.24, 2.45) is 5.73 Å². The van der Waals surface area contributed by atoms with Gasteiger partial charge in [-0.2, -0.15) is 0 Å². The van der Waals surface area contributed by atoms with Gasteiger partial charge in [0.2, 0.25) is 0 Å². The van der Waals surface area contributed by atoms with Crippen LogP contribution in [0.4, 0.5) is 5.82 Å². The Balaban J connectivity index is 1.75. The summed E-state index contributed by atoms with van der Waals surface area (Å²) < 4.78 is 7.58. The van der Waals surface area contributed by atoms with E-state index < -0.39 is 0 Å². The summed E-state index contributed by atoms with van der Waals surface area (Å²) in [6, 6.07) is 4.50. The van der Waals surface area contributed by atoms with E-state index in [4.69, 9.17) is 15.1 Å².